The first-order chi connectivity index (χ1) is 7.72. The molecule has 84 valence electrons. The van der Waals surface area contributed by atoms with E-state index in [1.807, 2.05) is 6.92 Å². The second kappa shape index (κ2) is 4.85. The molecule has 0 aliphatic heterocycles. The van der Waals surface area contributed by atoms with Gasteiger partial charge in [-0.2, -0.15) is 0 Å². The lowest BCUT2D eigenvalue weighted by atomic mass is 10.2. The highest BCUT2D eigenvalue weighted by Crippen LogP contribution is 2.26. The number of nitrogens with zero attached hydrogens (tertiary/aromatic N) is 2. The molecule has 0 aromatic carbocycles. The van der Waals surface area contributed by atoms with Crippen molar-refractivity contribution in [2.75, 3.05) is 0 Å². The van der Waals surface area contributed by atoms with Gasteiger partial charge in [-0.05, 0) is 18.6 Å². The summed E-state index contributed by atoms with van der Waals surface area (Å²) in [7, 11) is 0. The minimum absolute atomic E-state index is 0.397. The van der Waals surface area contributed by atoms with Gasteiger partial charge in [0.1, 0.15) is 10.3 Å². The predicted octanol–water partition coefficient (Wildman–Crippen LogP) is 4.00. The Hall–Kier alpha value is -1.06. The lowest BCUT2D eigenvalue weighted by molar-refractivity contribution is 0.577. The van der Waals surface area contributed by atoms with Crippen molar-refractivity contribution in [2.24, 2.45) is 0 Å². The third-order valence-electron chi connectivity index (χ3n) is 2.15. The normalized spacial score (nSPS) is 10.7. The van der Waals surface area contributed by atoms with Crippen molar-refractivity contribution in [3.05, 3.63) is 34.3 Å². The Morgan fingerprint density at radius 3 is 2.44 bits per heavy atom. The summed E-state index contributed by atoms with van der Waals surface area (Å²) < 4.78 is 5.19. The molecule has 0 aliphatic rings. The van der Waals surface area contributed by atoms with E-state index in [9.17, 15) is 0 Å². The van der Waals surface area contributed by atoms with Crippen LogP contribution >= 0.6 is 23.2 Å². The molecular formula is C11H10Cl2N2O. The van der Waals surface area contributed by atoms with Gasteiger partial charge in [0, 0.05) is 5.56 Å². The SMILES string of the molecule is CCCc1c(Cl)nc(-c2ccco2)nc1Cl. The van der Waals surface area contributed by atoms with Crippen LogP contribution in [0.15, 0.2) is 22.8 Å². The number of halogens is 2. The Balaban J connectivity index is 2.45. The second-order valence-corrected chi connectivity index (χ2v) is 4.05. The summed E-state index contributed by atoms with van der Waals surface area (Å²) >= 11 is 12.1. The molecule has 2 rings (SSSR count). The van der Waals surface area contributed by atoms with Crippen molar-refractivity contribution in [3.63, 3.8) is 0 Å². The first kappa shape index (κ1) is 11.4. The van der Waals surface area contributed by atoms with Gasteiger partial charge < -0.3 is 4.42 Å². The molecule has 0 bridgehead atoms. The van der Waals surface area contributed by atoms with Crippen molar-refractivity contribution >= 4 is 23.2 Å². The molecule has 2 aromatic heterocycles. The van der Waals surface area contributed by atoms with Gasteiger partial charge >= 0.3 is 0 Å². The number of hydrogen-bond acceptors (Lipinski definition) is 3. The van der Waals surface area contributed by atoms with E-state index < -0.39 is 0 Å². The zero-order valence-corrected chi connectivity index (χ0v) is 10.2. The van der Waals surface area contributed by atoms with Gasteiger partial charge in [-0.1, -0.05) is 36.5 Å². The summed E-state index contributed by atoms with van der Waals surface area (Å²) in [6, 6.07) is 3.53. The monoisotopic (exact) mass is 256 g/mol. The van der Waals surface area contributed by atoms with E-state index >= 15 is 0 Å². The van der Waals surface area contributed by atoms with Gasteiger partial charge in [-0.15, -0.1) is 0 Å². The molecule has 3 nitrogen and oxygen atoms in total. The Labute approximate surface area is 103 Å². The van der Waals surface area contributed by atoms with E-state index in [1.54, 1.807) is 18.4 Å². The summed E-state index contributed by atoms with van der Waals surface area (Å²) in [5.74, 6) is 0.978. The molecule has 0 unspecified atom stereocenters. The van der Waals surface area contributed by atoms with Crippen molar-refractivity contribution < 1.29 is 4.42 Å². The Kier molecular flexibility index (Phi) is 3.46. The predicted molar refractivity (Wildman–Crippen MR) is 63.7 cm³/mol. The van der Waals surface area contributed by atoms with Gasteiger partial charge in [0.25, 0.3) is 0 Å². The molecule has 0 N–H and O–H groups in total. The molecule has 0 atom stereocenters. The minimum Gasteiger partial charge on any atom is -0.461 e. The first-order valence-corrected chi connectivity index (χ1v) is 5.73. The topological polar surface area (TPSA) is 38.9 Å². The standard InChI is InChI=1S/C11H10Cl2N2O/c1-2-4-7-9(12)14-11(15-10(7)13)8-5-3-6-16-8/h3,5-6H,2,4H2,1H3. The van der Waals surface area contributed by atoms with Crippen LogP contribution in [0.4, 0.5) is 0 Å². The fourth-order valence-electron chi connectivity index (χ4n) is 1.40. The van der Waals surface area contributed by atoms with Crippen molar-refractivity contribution in [1.29, 1.82) is 0 Å². The highest BCUT2D eigenvalue weighted by Gasteiger charge is 2.13. The van der Waals surface area contributed by atoms with E-state index in [-0.39, 0.29) is 0 Å². The molecule has 0 saturated heterocycles. The molecule has 0 aliphatic carbocycles. The highest BCUT2D eigenvalue weighted by molar-refractivity contribution is 6.34. The number of aromatic nitrogens is 2. The van der Waals surface area contributed by atoms with Gasteiger partial charge in [0.15, 0.2) is 11.6 Å². The van der Waals surface area contributed by atoms with Crippen LogP contribution in [0.1, 0.15) is 18.9 Å². The lowest BCUT2D eigenvalue weighted by Gasteiger charge is -2.05. The molecule has 2 heterocycles. The van der Waals surface area contributed by atoms with E-state index in [4.69, 9.17) is 27.6 Å². The van der Waals surface area contributed by atoms with Crippen LogP contribution in [0.3, 0.4) is 0 Å². The lowest BCUT2D eigenvalue weighted by Crippen LogP contribution is -1.96. The van der Waals surface area contributed by atoms with E-state index in [1.165, 1.54) is 0 Å². The van der Waals surface area contributed by atoms with Gasteiger partial charge in [-0.25, -0.2) is 9.97 Å². The maximum Gasteiger partial charge on any atom is 0.198 e. The third-order valence-corrected chi connectivity index (χ3v) is 2.77. The van der Waals surface area contributed by atoms with E-state index in [2.05, 4.69) is 9.97 Å². The van der Waals surface area contributed by atoms with Crippen molar-refractivity contribution in [3.8, 4) is 11.6 Å². The van der Waals surface area contributed by atoms with Crippen LogP contribution < -0.4 is 0 Å². The summed E-state index contributed by atoms with van der Waals surface area (Å²) in [5.41, 5.74) is 0.793. The van der Waals surface area contributed by atoms with Gasteiger partial charge in [0.05, 0.1) is 6.26 Å². The Morgan fingerprint density at radius 2 is 1.94 bits per heavy atom. The molecule has 16 heavy (non-hydrogen) atoms. The fraction of sp³-hybridized carbons (Fsp3) is 0.273. The largest absolute Gasteiger partial charge is 0.461 e. The summed E-state index contributed by atoms with van der Waals surface area (Å²) in [4.78, 5) is 8.34. The number of hydrogen-bond donors (Lipinski definition) is 0. The zero-order valence-electron chi connectivity index (χ0n) is 8.70. The first-order valence-electron chi connectivity index (χ1n) is 4.98. The maximum atomic E-state index is 6.05. The second-order valence-electron chi connectivity index (χ2n) is 3.33. The Morgan fingerprint density at radius 1 is 1.25 bits per heavy atom. The van der Waals surface area contributed by atoms with Crippen LogP contribution in [0.2, 0.25) is 10.3 Å². The fourth-order valence-corrected chi connectivity index (χ4v) is 1.98. The molecule has 0 radical (unpaired) electrons. The molecule has 5 heteroatoms. The molecule has 0 fully saturated rings. The summed E-state index contributed by atoms with van der Waals surface area (Å²) in [6.07, 6.45) is 3.28. The Bertz CT molecular complexity index is 460. The van der Waals surface area contributed by atoms with Crippen molar-refractivity contribution in [2.45, 2.75) is 19.8 Å². The van der Waals surface area contributed by atoms with E-state index in [0.29, 0.717) is 21.9 Å². The van der Waals surface area contributed by atoms with E-state index in [0.717, 1.165) is 18.4 Å². The maximum absolute atomic E-state index is 6.05. The van der Waals surface area contributed by atoms with Crippen LogP contribution in [0.25, 0.3) is 11.6 Å². The highest BCUT2D eigenvalue weighted by atomic mass is 35.5. The van der Waals surface area contributed by atoms with Gasteiger partial charge in [-0.3, -0.25) is 0 Å². The third kappa shape index (κ3) is 2.20. The molecule has 0 spiro atoms. The minimum atomic E-state index is 0.397. The van der Waals surface area contributed by atoms with Crippen LogP contribution in [-0.2, 0) is 6.42 Å². The quantitative estimate of drug-likeness (QED) is 0.780. The van der Waals surface area contributed by atoms with Crippen LogP contribution in [-0.4, -0.2) is 9.97 Å². The summed E-state index contributed by atoms with van der Waals surface area (Å²) in [5, 5.41) is 0.793. The number of rotatable bonds is 3. The van der Waals surface area contributed by atoms with Crippen molar-refractivity contribution in [1.82, 2.24) is 9.97 Å². The van der Waals surface area contributed by atoms with Crippen LogP contribution in [0.5, 0.6) is 0 Å². The van der Waals surface area contributed by atoms with Gasteiger partial charge in [0.2, 0.25) is 0 Å². The zero-order chi connectivity index (χ0) is 11.5. The number of furan rings is 1. The average Bonchev–Trinajstić information content (AvgIpc) is 2.76. The average molecular weight is 257 g/mol. The van der Waals surface area contributed by atoms with Crippen LogP contribution in [0, 0.1) is 0 Å². The smallest absolute Gasteiger partial charge is 0.198 e. The molecule has 0 amide bonds. The molecular weight excluding hydrogens is 247 g/mol. The molecule has 0 saturated carbocycles. The summed E-state index contributed by atoms with van der Waals surface area (Å²) in [6.45, 7) is 2.05. The molecule has 2 aromatic rings.